The van der Waals surface area contributed by atoms with E-state index in [0.29, 0.717) is 0 Å². The van der Waals surface area contributed by atoms with E-state index >= 15 is 0 Å². The molecular weight excluding hydrogens is 292 g/mol. The molecule has 0 spiro atoms. The molecule has 0 aliphatic carbocycles. The van der Waals surface area contributed by atoms with Crippen LogP contribution >= 0.6 is 0 Å². The minimum absolute atomic E-state index is 0.0904. The number of aromatic carboxylic acids is 1. The fraction of sp³-hybridized carbons (Fsp3) is 0. The largest absolute Gasteiger partial charge is 0.478 e. The Kier molecular flexibility index (Phi) is 4.34. The fourth-order valence-electron chi connectivity index (χ4n) is 1.54. The standard InChI is InChI=1S/C14H12N2O4S/c17-14(18)12-8-13(10-15-9-12)16-21(19,20)7-6-11-4-2-1-3-5-11/h1-10,16H,(H,17,18). The Bertz CT molecular complexity index is 771. The Morgan fingerprint density at radius 2 is 1.90 bits per heavy atom. The lowest BCUT2D eigenvalue weighted by Crippen LogP contribution is -2.10. The number of hydrogen-bond donors (Lipinski definition) is 2. The van der Waals surface area contributed by atoms with Crippen molar-refractivity contribution in [2.45, 2.75) is 0 Å². The van der Waals surface area contributed by atoms with E-state index < -0.39 is 16.0 Å². The number of nitrogens with zero attached hydrogens (tertiary/aromatic N) is 1. The predicted molar refractivity (Wildman–Crippen MR) is 79.2 cm³/mol. The predicted octanol–water partition coefficient (Wildman–Crippen LogP) is 2.19. The lowest BCUT2D eigenvalue weighted by molar-refractivity contribution is 0.0696. The molecule has 0 saturated carbocycles. The molecular formula is C14H12N2O4S. The summed E-state index contributed by atoms with van der Waals surface area (Å²) in [4.78, 5) is 14.5. The van der Waals surface area contributed by atoms with Crippen LogP contribution in [0.1, 0.15) is 15.9 Å². The molecule has 1 aromatic carbocycles. The number of carboxylic acid groups (broad SMARTS) is 1. The van der Waals surface area contributed by atoms with Crippen molar-refractivity contribution in [1.29, 1.82) is 0 Å². The molecule has 0 amide bonds. The van der Waals surface area contributed by atoms with Crippen LogP contribution < -0.4 is 4.72 Å². The van der Waals surface area contributed by atoms with Crippen LogP contribution in [0.3, 0.4) is 0 Å². The van der Waals surface area contributed by atoms with Gasteiger partial charge in [-0.1, -0.05) is 30.3 Å². The van der Waals surface area contributed by atoms with Crippen LogP contribution in [0.2, 0.25) is 0 Å². The lowest BCUT2D eigenvalue weighted by Gasteiger charge is -2.04. The number of sulfonamides is 1. The number of carbonyl (C=O) groups is 1. The van der Waals surface area contributed by atoms with Gasteiger partial charge in [-0.15, -0.1) is 0 Å². The number of aromatic nitrogens is 1. The summed E-state index contributed by atoms with van der Waals surface area (Å²) in [5.74, 6) is -1.18. The summed E-state index contributed by atoms with van der Waals surface area (Å²) in [6.45, 7) is 0. The highest BCUT2D eigenvalue weighted by molar-refractivity contribution is 7.95. The molecule has 0 aliphatic rings. The number of rotatable bonds is 5. The zero-order valence-electron chi connectivity index (χ0n) is 10.8. The summed E-state index contributed by atoms with van der Waals surface area (Å²) >= 11 is 0. The first-order valence-corrected chi connectivity index (χ1v) is 7.45. The Labute approximate surface area is 121 Å². The van der Waals surface area contributed by atoms with E-state index in [9.17, 15) is 13.2 Å². The van der Waals surface area contributed by atoms with Crippen molar-refractivity contribution in [2.75, 3.05) is 4.72 Å². The van der Waals surface area contributed by atoms with Gasteiger partial charge in [0.2, 0.25) is 0 Å². The van der Waals surface area contributed by atoms with Crippen molar-refractivity contribution in [1.82, 2.24) is 4.98 Å². The van der Waals surface area contributed by atoms with Crippen LogP contribution in [0.25, 0.3) is 6.08 Å². The van der Waals surface area contributed by atoms with E-state index in [4.69, 9.17) is 5.11 Å². The molecule has 6 nitrogen and oxygen atoms in total. The molecule has 108 valence electrons. The van der Waals surface area contributed by atoms with Crippen LogP contribution in [-0.2, 0) is 10.0 Å². The van der Waals surface area contributed by atoms with Gasteiger partial charge in [0.15, 0.2) is 0 Å². The fourth-order valence-corrected chi connectivity index (χ4v) is 2.39. The smallest absolute Gasteiger partial charge is 0.337 e. The van der Waals surface area contributed by atoms with Crippen LogP contribution in [-0.4, -0.2) is 24.5 Å². The summed E-state index contributed by atoms with van der Waals surface area (Å²) in [5, 5.41) is 9.84. The molecule has 0 radical (unpaired) electrons. The summed E-state index contributed by atoms with van der Waals surface area (Å²) in [6, 6.07) is 10.1. The van der Waals surface area contributed by atoms with Gasteiger partial charge in [-0.05, 0) is 17.7 Å². The molecule has 0 saturated heterocycles. The molecule has 0 bridgehead atoms. The van der Waals surface area contributed by atoms with Crippen molar-refractivity contribution in [3.8, 4) is 0 Å². The average Bonchev–Trinajstić information content (AvgIpc) is 2.46. The van der Waals surface area contributed by atoms with Crippen LogP contribution in [0.5, 0.6) is 0 Å². The van der Waals surface area contributed by atoms with E-state index in [-0.39, 0.29) is 11.3 Å². The molecule has 0 fully saturated rings. The van der Waals surface area contributed by atoms with Crippen molar-refractivity contribution < 1.29 is 18.3 Å². The minimum Gasteiger partial charge on any atom is -0.478 e. The van der Waals surface area contributed by atoms with E-state index in [1.165, 1.54) is 18.3 Å². The first kappa shape index (κ1) is 14.7. The molecule has 2 rings (SSSR count). The average molecular weight is 304 g/mol. The highest BCUT2D eigenvalue weighted by Gasteiger charge is 2.09. The molecule has 0 aliphatic heterocycles. The molecule has 21 heavy (non-hydrogen) atoms. The maximum absolute atomic E-state index is 11.9. The summed E-state index contributed by atoms with van der Waals surface area (Å²) < 4.78 is 26.0. The summed E-state index contributed by atoms with van der Waals surface area (Å²) in [7, 11) is -3.74. The lowest BCUT2D eigenvalue weighted by atomic mass is 10.2. The Morgan fingerprint density at radius 1 is 1.19 bits per heavy atom. The van der Waals surface area contributed by atoms with Crippen molar-refractivity contribution >= 4 is 27.8 Å². The SMILES string of the molecule is O=C(O)c1cncc(NS(=O)(=O)C=Cc2ccccc2)c1. The number of benzene rings is 1. The van der Waals surface area contributed by atoms with Crippen LogP contribution in [0.15, 0.2) is 54.2 Å². The third-order valence-electron chi connectivity index (χ3n) is 2.48. The Balaban J connectivity index is 2.16. The van der Waals surface area contributed by atoms with Gasteiger partial charge in [-0.2, -0.15) is 0 Å². The van der Waals surface area contributed by atoms with Gasteiger partial charge in [-0.25, -0.2) is 13.2 Å². The van der Waals surface area contributed by atoms with Gasteiger partial charge < -0.3 is 5.11 Å². The first-order chi connectivity index (χ1) is 9.96. The maximum Gasteiger partial charge on any atom is 0.337 e. The maximum atomic E-state index is 11.9. The highest BCUT2D eigenvalue weighted by Crippen LogP contribution is 2.12. The molecule has 1 heterocycles. The summed E-state index contributed by atoms with van der Waals surface area (Å²) in [6.07, 6.45) is 3.82. The van der Waals surface area contributed by atoms with E-state index in [2.05, 4.69) is 9.71 Å². The molecule has 0 unspecified atom stereocenters. The third kappa shape index (κ3) is 4.43. The topological polar surface area (TPSA) is 96.4 Å². The molecule has 2 aromatic rings. The van der Waals surface area contributed by atoms with Gasteiger partial charge in [0.25, 0.3) is 10.0 Å². The molecule has 1 aromatic heterocycles. The second kappa shape index (κ2) is 6.19. The molecule has 0 atom stereocenters. The number of nitrogens with one attached hydrogen (secondary N) is 1. The second-order valence-electron chi connectivity index (χ2n) is 4.13. The van der Waals surface area contributed by atoms with E-state index in [0.717, 1.165) is 17.2 Å². The van der Waals surface area contributed by atoms with Gasteiger partial charge in [0.1, 0.15) is 0 Å². The van der Waals surface area contributed by atoms with Gasteiger partial charge in [0, 0.05) is 6.20 Å². The molecule has 2 N–H and O–H groups in total. The first-order valence-electron chi connectivity index (χ1n) is 5.90. The Hall–Kier alpha value is -2.67. The minimum atomic E-state index is -3.74. The summed E-state index contributed by atoms with van der Waals surface area (Å²) in [5.41, 5.74) is 0.732. The third-order valence-corrected chi connectivity index (χ3v) is 3.50. The number of anilines is 1. The van der Waals surface area contributed by atoms with Gasteiger partial charge in [0.05, 0.1) is 22.9 Å². The van der Waals surface area contributed by atoms with Crippen molar-refractivity contribution in [3.63, 3.8) is 0 Å². The Morgan fingerprint density at radius 3 is 2.57 bits per heavy atom. The zero-order valence-corrected chi connectivity index (χ0v) is 11.6. The van der Waals surface area contributed by atoms with E-state index in [1.54, 1.807) is 24.3 Å². The monoisotopic (exact) mass is 304 g/mol. The van der Waals surface area contributed by atoms with Crippen LogP contribution in [0, 0.1) is 0 Å². The zero-order chi connectivity index (χ0) is 15.3. The van der Waals surface area contributed by atoms with E-state index in [1.807, 2.05) is 6.07 Å². The van der Waals surface area contributed by atoms with Crippen LogP contribution in [0.4, 0.5) is 5.69 Å². The normalized spacial score (nSPS) is 11.4. The van der Waals surface area contributed by atoms with Gasteiger partial charge in [-0.3, -0.25) is 9.71 Å². The highest BCUT2D eigenvalue weighted by atomic mass is 32.2. The number of hydrogen-bond acceptors (Lipinski definition) is 4. The molecule has 7 heteroatoms. The quantitative estimate of drug-likeness (QED) is 0.882. The van der Waals surface area contributed by atoms with Crippen molar-refractivity contribution in [3.05, 3.63) is 65.3 Å². The van der Waals surface area contributed by atoms with Crippen molar-refractivity contribution in [2.24, 2.45) is 0 Å². The number of pyridine rings is 1. The number of carboxylic acids is 1. The van der Waals surface area contributed by atoms with Gasteiger partial charge >= 0.3 is 5.97 Å². The second-order valence-corrected chi connectivity index (χ2v) is 5.69.